The fraction of sp³-hybridized carbons (Fsp3) is 0.182. The van der Waals surface area contributed by atoms with E-state index in [2.05, 4.69) is 15.3 Å². The minimum Gasteiger partial charge on any atom is -0.325 e. The van der Waals surface area contributed by atoms with Gasteiger partial charge in [0.15, 0.2) is 10.9 Å². The second-order valence-corrected chi connectivity index (χ2v) is 7.63. The van der Waals surface area contributed by atoms with Crippen molar-refractivity contribution in [3.63, 3.8) is 0 Å². The molecule has 0 aliphatic carbocycles. The van der Waals surface area contributed by atoms with Gasteiger partial charge in [-0.15, -0.1) is 0 Å². The van der Waals surface area contributed by atoms with Crippen molar-refractivity contribution in [2.75, 3.05) is 5.32 Å². The molecule has 0 radical (unpaired) electrons. The molecule has 0 aliphatic rings. The number of thioether (sulfide) groups is 1. The zero-order valence-corrected chi connectivity index (χ0v) is 17.0. The van der Waals surface area contributed by atoms with Crippen LogP contribution in [0, 0.1) is 0 Å². The minimum atomic E-state index is -0.454. The summed E-state index contributed by atoms with van der Waals surface area (Å²) in [5.74, 6) is -0.284. The molecule has 1 atom stereocenters. The van der Waals surface area contributed by atoms with E-state index in [-0.39, 0.29) is 17.2 Å². The Morgan fingerprint density at radius 2 is 1.86 bits per heavy atom. The number of nitrogens with one attached hydrogen (secondary N) is 2. The molecule has 1 amide bonds. The smallest absolute Gasteiger partial charge is 0.252 e. The van der Waals surface area contributed by atoms with Crippen LogP contribution in [-0.4, -0.2) is 26.9 Å². The lowest BCUT2D eigenvalue weighted by molar-refractivity contribution is -0.115. The van der Waals surface area contributed by atoms with Gasteiger partial charge in [-0.3, -0.25) is 14.4 Å². The molecular weight excluding hydrogens is 386 g/mol. The van der Waals surface area contributed by atoms with Gasteiger partial charge in [0, 0.05) is 22.9 Å². The molecule has 3 rings (SSSR count). The Bertz CT molecular complexity index is 1080. The summed E-state index contributed by atoms with van der Waals surface area (Å²) in [6.07, 6.45) is 0.544. The van der Waals surface area contributed by atoms with E-state index >= 15 is 0 Å². The van der Waals surface area contributed by atoms with Gasteiger partial charge in [0.2, 0.25) is 5.91 Å². The molecule has 2 N–H and O–H groups in total. The lowest BCUT2D eigenvalue weighted by Gasteiger charge is -2.15. The molecule has 3 aromatic rings. The standard InChI is InChI=1S/C22H21N3O3S/c1-3-19(21(28)23-17-11-7-10-16(12-17)14(2)26)29-22-24-18(13-20(27)25-22)15-8-5-4-6-9-15/h4-13,19H,3H2,1-2H3,(H,23,28)(H,24,25,27). The number of hydrogen-bond donors (Lipinski definition) is 2. The van der Waals surface area contributed by atoms with Gasteiger partial charge in [0.25, 0.3) is 5.56 Å². The second-order valence-electron chi connectivity index (χ2n) is 6.44. The summed E-state index contributed by atoms with van der Waals surface area (Å²) >= 11 is 1.20. The highest BCUT2D eigenvalue weighted by Crippen LogP contribution is 2.25. The predicted molar refractivity (Wildman–Crippen MR) is 115 cm³/mol. The van der Waals surface area contributed by atoms with E-state index in [1.54, 1.807) is 24.3 Å². The van der Waals surface area contributed by atoms with Crippen molar-refractivity contribution < 1.29 is 9.59 Å². The molecule has 0 bridgehead atoms. The zero-order valence-electron chi connectivity index (χ0n) is 16.1. The summed E-state index contributed by atoms with van der Waals surface area (Å²) < 4.78 is 0. The highest BCUT2D eigenvalue weighted by atomic mass is 32.2. The van der Waals surface area contributed by atoms with Gasteiger partial charge >= 0.3 is 0 Å². The Kier molecular flexibility index (Phi) is 6.61. The first-order chi connectivity index (χ1) is 14.0. The van der Waals surface area contributed by atoms with Crippen LogP contribution in [0.15, 0.2) is 70.6 Å². The van der Waals surface area contributed by atoms with E-state index in [0.29, 0.717) is 28.5 Å². The summed E-state index contributed by atoms with van der Waals surface area (Å²) in [6, 6.07) is 17.6. The molecule has 1 heterocycles. The zero-order chi connectivity index (χ0) is 20.8. The third-order valence-electron chi connectivity index (χ3n) is 4.24. The molecule has 0 saturated heterocycles. The van der Waals surface area contributed by atoms with Gasteiger partial charge in [-0.2, -0.15) is 0 Å². The third-order valence-corrected chi connectivity index (χ3v) is 5.49. The highest BCUT2D eigenvalue weighted by molar-refractivity contribution is 8.00. The van der Waals surface area contributed by atoms with Crippen molar-refractivity contribution in [2.45, 2.75) is 30.7 Å². The molecule has 6 nitrogen and oxygen atoms in total. The molecule has 2 aromatic carbocycles. The number of benzene rings is 2. The van der Waals surface area contributed by atoms with Crippen LogP contribution in [-0.2, 0) is 4.79 Å². The normalized spacial score (nSPS) is 11.7. The second kappa shape index (κ2) is 9.34. The average Bonchev–Trinajstić information content (AvgIpc) is 2.72. The van der Waals surface area contributed by atoms with Crippen LogP contribution in [0.25, 0.3) is 11.3 Å². The van der Waals surface area contributed by atoms with Crippen LogP contribution < -0.4 is 10.9 Å². The summed E-state index contributed by atoms with van der Waals surface area (Å²) in [5.41, 5.74) is 2.21. The van der Waals surface area contributed by atoms with Gasteiger partial charge in [-0.25, -0.2) is 4.98 Å². The molecule has 29 heavy (non-hydrogen) atoms. The van der Waals surface area contributed by atoms with Crippen LogP contribution in [0.1, 0.15) is 30.6 Å². The van der Waals surface area contributed by atoms with Crippen LogP contribution >= 0.6 is 11.8 Å². The Morgan fingerprint density at radius 1 is 1.10 bits per heavy atom. The summed E-state index contributed by atoms with van der Waals surface area (Å²) in [7, 11) is 0. The number of Topliss-reactive ketones (excluding diaryl/α,β-unsaturated/α-hetero) is 1. The van der Waals surface area contributed by atoms with E-state index in [1.807, 2.05) is 37.3 Å². The van der Waals surface area contributed by atoms with Crippen molar-refractivity contribution >= 4 is 29.1 Å². The molecule has 148 valence electrons. The monoisotopic (exact) mass is 407 g/mol. The molecule has 0 fully saturated rings. The number of carbonyl (C=O) groups is 2. The van der Waals surface area contributed by atoms with Gasteiger partial charge in [-0.05, 0) is 25.5 Å². The van der Waals surface area contributed by atoms with Crippen LogP contribution in [0.4, 0.5) is 5.69 Å². The molecule has 0 saturated carbocycles. The first-order valence-electron chi connectivity index (χ1n) is 9.21. The fourth-order valence-corrected chi connectivity index (χ4v) is 3.66. The van der Waals surface area contributed by atoms with Crippen LogP contribution in [0.3, 0.4) is 0 Å². The number of nitrogens with zero attached hydrogens (tertiary/aromatic N) is 1. The lowest BCUT2D eigenvalue weighted by Crippen LogP contribution is -2.25. The number of ketones is 1. The van der Waals surface area contributed by atoms with Crippen molar-refractivity contribution in [3.05, 3.63) is 76.6 Å². The summed E-state index contributed by atoms with van der Waals surface area (Å²) in [5, 5.41) is 2.77. The SMILES string of the molecule is CCC(Sc1nc(-c2ccccc2)cc(=O)[nH]1)C(=O)Nc1cccc(C(C)=O)c1. The maximum absolute atomic E-state index is 12.7. The van der Waals surface area contributed by atoms with Crippen molar-refractivity contribution in [2.24, 2.45) is 0 Å². The van der Waals surface area contributed by atoms with Crippen LogP contribution in [0.2, 0.25) is 0 Å². The minimum absolute atomic E-state index is 0.0676. The van der Waals surface area contributed by atoms with Gasteiger partial charge in [-0.1, -0.05) is 61.2 Å². The topological polar surface area (TPSA) is 91.9 Å². The maximum Gasteiger partial charge on any atom is 0.252 e. The molecule has 0 aliphatic heterocycles. The summed E-state index contributed by atoms with van der Waals surface area (Å²) in [4.78, 5) is 43.5. The van der Waals surface area contributed by atoms with Crippen molar-refractivity contribution in [3.8, 4) is 11.3 Å². The third kappa shape index (κ3) is 5.42. The van der Waals surface area contributed by atoms with Gasteiger partial charge in [0.05, 0.1) is 10.9 Å². The van der Waals surface area contributed by atoms with Crippen LogP contribution in [0.5, 0.6) is 0 Å². The van der Waals surface area contributed by atoms with Gasteiger partial charge in [0.1, 0.15) is 0 Å². The first-order valence-corrected chi connectivity index (χ1v) is 10.1. The molecule has 1 aromatic heterocycles. The Hall–Kier alpha value is -3.19. The maximum atomic E-state index is 12.7. The number of aromatic nitrogens is 2. The molecule has 7 heteroatoms. The van der Waals surface area contributed by atoms with E-state index in [4.69, 9.17) is 0 Å². The predicted octanol–water partition coefficient (Wildman–Crippen LogP) is 4.15. The number of carbonyl (C=O) groups excluding carboxylic acids is 2. The quantitative estimate of drug-likeness (QED) is 0.349. The Balaban J connectivity index is 1.78. The fourth-order valence-electron chi connectivity index (χ4n) is 2.74. The van der Waals surface area contributed by atoms with Gasteiger partial charge < -0.3 is 10.3 Å². The number of aromatic amines is 1. The number of amides is 1. The van der Waals surface area contributed by atoms with E-state index in [9.17, 15) is 14.4 Å². The molecular formula is C22H21N3O3S. The van der Waals surface area contributed by atoms with E-state index < -0.39 is 5.25 Å². The van der Waals surface area contributed by atoms with Crippen molar-refractivity contribution in [1.82, 2.24) is 9.97 Å². The number of rotatable bonds is 7. The summed E-state index contributed by atoms with van der Waals surface area (Å²) in [6.45, 7) is 3.37. The average molecular weight is 407 g/mol. The van der Waals surface area contributed by atoms with Crippen molar-refractivity contribution in [1.29, 1.82) is 0 Å². The van der Waals surface area contributed by atoms with E-state index in [1.165, 1.54) is 24.8 Å². The highest BCUT2D eigenvalue weighted by Gasteiger charge is 2.20. The molecule has 0 spiro atoms. The van der Waals surface area contributed by atoms with E-state index in [0.717, 1.165) is 5.56 Å². The first kappa shape index (κ1) is 20.5. The Morgan fingerprint density at radius 3 is 2.55 bits per heavy atom. The largest absolute Gasteiger partial charge is 0.325 e. The Labute approximate surface area is 172 Å². The lowest BCUT2D eigenvalue weighted by atomic mass is 10.1. The number of H-pyrrole nitrogens is 1. The number of anilines is 1. The molecule has 1 unspecified atom stereocenters. The number of hydrogen-bond acceptors (Lipinski definition) is 5.